The number of rotatable bonds is 15. The molecule has 0 aromatic rings. The molecule has 7 heterocycles. The minimum Gasteiger partial charge on any atom is -0.336 e. The average molecular weight is 807 g/mol. The topological polar surface area (TPSA) is 209 Å². The fourth-order valence-corrected chi connectivity index (χ4v) is 7.34. The number of nitrogens with one attached hydrogen (secondary N) is 5. The lowest BCUT2D eigenvalue weighted by molar-refractivity contribution is 0.186. The van der Waals surface area contributed by atoms with Gasteiger partial charge in [0.15, 0.2) is 0 Å². The van der Waals surface area contributed by atoms with Crippen molar-refractivity contribution < 1.29 is 33.6 Å². The molecule has 5 N–H and O–H groups in total. The summed E-state index contributed by atoms with van der Waals surface area (Å²) in [5, 5.41) is 13.8. The molecule has 0 spiro atoms. The SMILES string of the molecule is CCN1CCN(CC)C1=O.CCN1CCNC1=O.O=C1NCCN1CCCN1CCN(CCCN2CCNC2=O)C1=O.O=C1NCCN1CCCN1CCNC1=O. The lowest BCUT2D eigenvalue weighted by Gasteiger charge is -2.21. The maximum Gasteiger partial charge on any atom is 0.320 e. The number of carbonyl (C=O) groups excluding carboxylic acids is 7. The van der Waals surface area contributed by atoms with Crippen molar-refractivity contribution in [2.75, 3.05) is 151 Å². The largest absolute Gasteiger partial charge is 0.336 e. The van der Waals surface area contributed by atoms with Crippen LogP contribution in [0.1, 0.15) is 40.0 Å². The van der Waals surface area contributed by atoms with Crippen LogP contribution in [-0.4, -0.2) is 237 Å². The van der Waals surface area contributed by atoms with Crippen LogP contribution in [0.4, 0.5) is 33.6 Å². The molecule has 0 unspecified atom stereocenters. The van der Waals surface area contributed by atoms with E-state index < -0.39 is 0 Å². The summed E-state index contributed by atoms with van der Waals surface area (Å²) in [6.07, 6.45) is 2.46. The standard InChI is InChI=1S/C15H26N6O3.C9H16N4O2.C7H14N2O.C5H10N2O/c22-13-16-3-9-18(13)5-1-7-20-11-12-21(15(20)24)8-2-6-19-10-4-17-14(19)23;14-8-10-2-6-12(8)4-1-5-13-7-3-11-9(13)15;1-3-8-5-6-9(4-2)7(8)10;1-2-7-4-3-6-5(7)8/h1-12H2,(H,16,22)(H,17,23);1-7H2,(H,10,14)(H,11,15);3-6H2,1-2H3;2-4H2,1H3,(H,6,8). The summed E-state index contributed by atoms with van der Waals surface area (Å²) < 4.78 is 0. The number of hydrogen-bond donors (Lipinski definition) is 5. The molecule has 322 valence electrons. The Morgan fingerprint density at radius 2 is 0.544 bits per heavy atom. The van der Waals surface area contributed by atoms with Crippen molar-refractivity contribution in [2.45, 2.75) is 40.0 Å². The second kappa shape index (κ2) is 23.2. The van der Waals surface area contributed by atoms with Crippen molar-refractivity contribution in [1.29, 1.82) is 0 Å². The van der Waals surface area contributed by atoms with Crippen molar-refractivity contribution >= 4 is 42.2 Å². The lowest BCUT2D eigenvalue weighted by atomic mass is 10.3. The van der Waals surface area contributed by atoms with Gasteiger partial charge in [0.2, 0.25) is 0 Å². The van der Waals surface area contributed by atoms with Crippen LogP contribution in [-0.2, 0) is 0 Å². The molecule has 7 aliphatic rings. The third kappa shape index (κ3) is 13.5. The van der Waals surface area contributed by atoms with Crippen molar-refractivity contribution in [3.63, 3.8) is 0 Å². The second-order valence-electron chi connectivity index (χ2n) is 14.4. The summed E-state index contributed by atoms with van der Waals surface area (Å²) in [6.45, 7) is 23.7. The number of urea groups is 7. The van der Waals surface area contributed by atoms with Crippen LogP contribution in [0.15, 0.2) is 0 Å². The van der Waals surface area contributed by atoms with E-state index >= 15 is 0 Å². The maximum absolute atomic E-state index is 12.4. The smallest absolute Gasteiger partial charge is 0.320 e. The molecular weight excluding hydrogens is 740 g/mol. The van der Waals surface area contributed by atoms with Crippen molar-refractivity contribution in [2.24, 2.45) is 0 Å². The van der Waals surface area contributed by atoms with Gasteiger partial charge in [-0.25, -0.2) is 33.6 Å². The predicted molar refractivity (Wildman–Crippen MR) is 213 cm³/mol. The van der Waals surface area contributed by atoms with E-state index in [0.717, 1.165) is 131 Å². The van der Waals surface area contributed by atoms with Crippen molar-refractivity contribution in [1.82, 2.24) is 70.7 Å². The molecule has 21 heteroatoms. The van der Waals surface area contributed by atoms with Gasteiger partial charge in [-0.2, -0.15) is 0 Å². The lowest BCUT2D eigenvalue weighted by Crippen LogP contribution is -2.36. The number of carbonyl (C=O) groups is 7. The third-order valence-electron chi connectivity index (χ3n) is 10.8. The van der Waals surface area contributed by atoms with Gasteiger partial charge < -0.3 is 70.7 Å². The number of likely N-dealkylation sites (N-methyl/N-ethyl adjacent to an activating group) is 3. The van der Waals surface area contributed by atoms with Gasteiger partial charge in [0.1, 0.15) is 0 Å². The highest BCUT2D eigenvalue weighted by Gasteiger charge is 2.29. The van der Waals surface area contributed by atoms with Crippen molar-refractivity contribution in [3.05, 3.63) is 0 Å². The summed E-state index contributed by atoms with van der Waals surface area (Å²) in [7, 11) is 0. The molecule has 21 nitrogen and oxygen atoms in total. The van der Waals surface area contributed by atoms with Crippen molar-refractivity contribution in [3.8, 4) is 0 Å². The maximum atomic E-state index is 12.4. The van der Waals surface area contributed by atoms with E-state index in [1.807, 2.05) is 40.4 Å². The number of hydrogen-bond acceptors (Lipinski definition) is 7. The molecule has 7 rings (SSSR count). The van der Waals surface area contributed by atoms with Gasteiger partial charge in [0.25, 0.3) is 0 Å². The van der Waals surface area contributed by atoms with E-state index in [-0.39, 0.29) is 42.2 Å². The summed E-state index contributed by atoms with van der Waals surface area (Å²) in [6, 6.07) is 0.372. The van der Waals surface area contributed by atoms with Gasteiger partial charge in [0.05, 0.1) is 0 Å². The minimum atomic E-state index is -0.00433. The van der Waals surface area contributed by atoms with Crippen LogP contribution in [0.25, 0.3) is 0 Å². The molecule has 57 heavy (non-hydrogen) atoms. The summed E-state index contributed by atoms with van der Waals surface area (Å²) in [5.74, 6) is 0. The summed E-state index contributed by atoms with van der Waals surface area (Å²) in [5.41, 5.74) is 0. The molecule has 7 aliphatic heterocycles. The highest BCUT2D eigenvalue weighted by Crippen LogP contribution is 2.12. The summed E-state index contributed by atoms with van der Waals surface area (Å²) >= 11 is 0. The van der Waals surface area contributed by atoms with E-state index in [1.54, 1.807) is 24.5 Å². The van der Waals surface area contributed by atoms with Gasteiger partial charge in [-0.15, -0.1) is 0 Å². The van der Waals surface area contributed by atoms with E-state index in [2.05, 4.69) is 26.6 Å². The zero-order valence-electron chi connectivity index (χ0n) is 34.3. The number of amides is 14. The van der Waals surface area contributed by atoms with Crippen LogP contribution in [0.3, 0.4) is 0 Å². The zero-order chi connectivity index (χ0) is 41.2. The Kier molecular flexibility index (Phi) is 18.2. The predicted octanol–water partition coefficient (Wildman–Crippen LogP) is -0.223. The molecule has 0 aromatic heterocycles. The van der Waals surface area contributed by atoms with Gasteiger partial charge >= 0.3 is 42.2 Å². The monoisotopic (exact) mass is 807 g/mol. The van der Waals surface area contributed by atoms with E-state index in [4.69, 9.17) is 0 Å². The van der Waals surface area contributed by atoms with Gasteiger partial charge in [-0.3, -0.25) is 0 Å². The molecular formula is C36H66N14O7. The number of nitrogens with zero attached hydrogens (tertiary/aromatic N) is 9. The first-order chi connectivity index (χ1) is 27.6. The van der Waals surface area contributed by atoms with Gasteiger partial charge in [-0.1, -0.05) is 0 Å². The van der Waals surface area contributed by atoms with E-state index in [1.165, 1.54) is 0 Å². The molecule has 14 amide bonds. The third-order valence-corrected chi connectivity index (χ3v) is 10.8. The van der Waals surface area contributed by atoms with Gasteiger partial charge in [-0.05, 0) is 40.0 Å². The quantitative estimate of drug-likeness (QED) is 0.150. The van der Waals surface area contributed by atoms with Crippen LogP contribution < -0.4 is 26.6 Å². The molecule has 0 aliphatic carbocycles. The Labute approximate surface area is 336 Å². The van der Waals surface area contributed by atoms with E-state index in [9.17, 15) is 33.6 Å². The molecule has 0 aromatic carbocycles. The van der Waals surface area contributed by atoms with Crippen LogP contribution in [0, 0.1) is 0 Å². The first-order valence-corrected chi connectivity index (χ1v) is 20.8. The van der Waals surface area contributed by atoms with Crippen LogP contribution >= 0.6 is 0 Å². The Morgan fingerprint density at radius 3 is 0.754 bits per heavy atom. The Balaban J connectivity index is 0.000000185. The van der Waals surface area contributed by atoms with Crippen LogP contribution in [0.2, 0.25) is 0 Å². The first kappa shape index (κ1) is 44.6. The fourth-order valence-electron chi connectivity index (χ4n) is 7.34. The molecule has 0 bridgehead atoms. The molecule has 0 atom stereocenters. The summed E-state index contributed by atoms with van der Waals surface area (Å²) in [4.78, 5) is 95.9. The first-order valence-electron chi connectivity index (χ1n) is 20.8. The molecule has 0 radical (unpaired) electrons. The molecule has 0 saturated carbocycles. The van der Waals surface area contributed by atoms with Crippen LogP contribution in [0.5, 0.6) is 0 Å². The Bertz CT molecular complexity index is 1290. The minimum absolute atomic E-state index is 0.00433. The van der Waals surface area contributed by atoms with Gasteiger partial charge in [0, 0.05) is 151 Å². The highest BCUT2D eigenvalue weighted by atomic mass is 16.2. The Morgan fingerprint density at radius 1 is 0.316 bits per heavy atom. The zero-order valence-corrected chi connectivity index (χ0v) is 34.3. The average Bonchev–Trinajstić information content (AvgIpc) is 4.09. The van der Waals surface area contributed by atoms with E-state index in [0.29, 0.717) is 39.3 Å². The fraction of sp³-hybridized carbons (Fsp3) is 0.806. The highest BCUT2D eigenvalue weighted by molar-refractivity contribution is 5.79. The second-order valence-corrected chi connectivity index (χ2v) is 14.4. The Hall–Kier alpha value is -5.11. The molecule has 7 saturated heterocycles. The normalized spacial score (nSPS) is 20.3. The molecule has 7 fully saturated rings.